The van der Waals surface area contributed by atoms with Crippen LogP contribution in [0, 0.1) is 6.92 Å². The Morgan fingerprint density at radius 3 is 2.71 bits per heavy atom. The van der Waals surface area contributed by atoms with Crippen molar-refractivity contribution in [3.63, 3.8) is 0 Å². The van der Waals surface area contributed by atoms with Gasteiger partial charge in [0.05, 0.1) is 17.1 Å². The van der Waals surface area contributed by atoms with Crippen LogP contribution in [-0.2, 0) is 11.2 Å². The molecule has 0 atom stereocenters. The van der Waals surface area contributed by atoms with Crippen LogP contribution in [0.5, 0.6) is 0 Å². The Morgan fingerprint density at radius 2 is 2.21 bits per heavy atom. The van der Waals surface area contributed by atoms with Crippen molar-refractivity contribution < 1.29 is 9.90 Å². The summed E-state index contributed by atoms with van der Waals surface area (Å²) < 4.78 is 0. The topological polar surface area (TPSA) is 50.2 Å². The van der Waals surface area contributed by atoms with Crippen molar-refractivity contribution in [2.45, 2.75) is 39.5 Å². The zero-order valence-electron chi connectivity index (χ0n) is 8.70. The highest BCUT2D eigenvalue weighted by atomic mass is 32.1. The standard InChI is InChI=1S/C10H15NO2S/c1-6(2)10-8(4-5-9(12)13)14-7(3)11-10/h6H,4-5H2,1-3H3,(H,12,13). The summed E-state index contributed by atoms with van der Waals surface area (Å²) in [5.74, 6) is -0.366. The summed E-state index contributed by atoms with van der Waals surface area (Å²) in [4.78, 5) is 16.0. The largest absolute Gasteiger partial charge is 0.481 e. The van der Waals surface area contributed by atoms with E-state index in [9.17, 15) is 4.79 Å². The van der Waals surface area contributed by atoms with Crippen LogP contribution in [0.2, 0.25) is 0 Å². The summed E-state index contributed by atoms with van der Waals surface area (Å²) in [6, 6.07) is 0. The first-order chi connectivity index (χ1) is 6.50. The SMILES string of the molecule is Cc1nc(C(C)C)c(CCC(=O)O)s1. The molecule has 0 fully saturated rings. The number of thiazole rings is 1. The first-order valence-corrected chi connectivity index (χ1v) is 5.50. The van der Waals surface area contributed by atoms with E-state index < -0.39 is 5.97 Å². The number of aryl methyl sites for hydroxylation is 2. The number of carbonyl (C=O) groups is 1. The van der Waals surface area contributed by atoms with Crippen LogP contribution in [0.1, 0.15) is 41.8 Å². The molecule has 4 heteroatoms. The third-order valence-corrected chi connectivity index (χ3v) is 2.99. The number of nitrogens with zero attached hydrogens (tertiary/aromatic N) is 1. The normalized spacial score (nSPS) is 10.9. The molecule has 0 bridgehead atoms. The predicted octanol–water partition coefficient (Wildman–Crippen LogP) is 2.59. The summed E-state index contributed by atoms with van der Waals surface area (Å²) in [6.45, 7) is 6.12. The van der Waals surface area contributed by atoms with Gasteiger partial charge in [-0.1, -0.05) is 13.8 Å². The number of carboxylic acids is 1. The molecule has 14 heavy (non-hydrogen) atoms. The van der Waals surface area contributed by atoms with Gasteiger partial charge in [0, 0.05) is 4.88 Å². The number of aromatic nitrogens is 1. The molecule has 1 heterocycles. The van der Waals surface area contributed by atoms with E-state index in [2.05, 4.69) is 18.8 Å². The molecule has 0 aliphatic rings. The van der Waals surface area contributed by atoms with Crippen LogP contribution in [0.3, 0.4) is 0 Å². The number of hydrogen-bond acceptors (Lipinski definition) is 3. The van der Waals surface area contributed by atoms with E-state index in [0.717, 1.165) is 15.6 Å². The van der Waals surface area contributed by atoms with E-state index in [0.29, 0.717) is 12.3 Å². The van der Waals surface area contributed by atoms with Gasteiger partial charge in [-0.2, -0.15) is 0 Å². The summed E-state index contributed by atoms with van der Waals surface area (Å²) in [6.07, 6.45) is 0.801. The molecule has 0 aliphatic carbocycles. The van der Waals surface area contributed by atoms with Crippen molar-refractivity contribution in [2.24, 2.45) is 0 Å². The fraction of sp³-hybridized carbons (Fsp3) is 0.600. The van der Waals surface area contributed by atoms with Crippen molar-refractivity contribution in [3.8, 4) is 0 Å². The molecule has 78 valence electrons. The zero-order valence-corrected chi connectivity index (χ0v) is 9.52. The van der Waals surface area contributed by atoms with Gasteiger partial charge < -0.3 is 5.11 Å². The Labute approximate surface area is 87.8 Å². The molecule has 0 aromatic carbocycles. The van der Waals surface area contributed by atoms with Crippen LogP contribution >= 0.6 is 11.3 Å². The van der Waals surface area contributed by atoms with Gasteiger partial charge in [0.25, 0.3) is 0 Å². The van der Waals surface area contributed by atoms with Gasteiger partial charge in [-0.15, -0.1) is 11.3 Å². The molecule has 0 aliphatic heterocycles. The van der Waals surface area contributed by atoms with Gasteiger partial charge in [-0.05, 0) is 19.3 Å². The number of hydrogen-bond donors (Lipinski definition) is 1. The molecular formula is C10H15NO2S. The average molecular weight is 213 g/mol. The van der Waals surface area contributed by atoms with Crippen LogP contribution in [0.15, 0.2) is 0 Å². The average Bonchev–Trinajstić information content (AvgIpc) is 2.43. The van der Waals surface area contributed by atoms with E-state index in [1.54, 1.807) is 11.3 Å². The number of rotatable bonds is 4. The molecule has 1 rings (SSSR count). The van der Waals surface area contributed by atoms with Crippen molar-refractivity contribution in [1.82, 2.24) is 4.98 Å². The molecule has 1 aromatic rings. The predicted molar refractivity (Wildman–Crippen MR) is 56.9 cm³/mol. The molecule has 1 aromatic heterocycles. The molecular weight excluding hydrogens is 198 g/mol. The molecule has 0 saturated heterocycles. The quantitative estimate of drug-likeness (QED) is 0.836. The minimum Gasteiger partial charge on any atom is -0.481 e. The first kappa shape index (κ1) is 11.2. The molecule has 0 spiro atoms. The second-order valence-corrected chi connectivity index (χ2v) is 4.88. The second-order valence-electron chi connectivity index (χ2n) is 3.59. The first-order valence-electron chi connectivity index (χ1n) is 4.68. The third kappa shape index (κ3) is 2.80. The highest BCUT2D eigenvalue weighted by Gasteiger charge is 2.13. The van der Waals surface area contributed by atoms with Gasteiger partial charge >= 0.3 is 5.97 Å². The van der Waals surface area contributed by atoms with Gasteiger partial charge in [0.1, 0.15) is 0 Å². The Morgan fingerprint density at radius 1 is 1.57 bits per heavy atom. The van der Waals surface area contributed by atoms with E-state index >= 15 is 0 Å². The Hall–Kier alpha value is -0.900. The van der Waals surface area contributed by atoms with E-state index in [-0.39, 0.29) is 6.42 Å². The minimum absolute atomic E-state index is 0.196. The Bertz CT molecular complexity index is 331. The van der Waals surface area contributed by atoms with Crippen molar-refractivity contribution >= 4 is 17.3 Å². The maximum Gasteiger partial charge on any atom is 0.303 e. The summed E-state index contributed by atoms with van der Waals surface area (Å²) in [7, 11) is 0. The van der Waals surface area contributed by atoms with Crippen molar-refractivity contribution in [1.29, 1.82) is 0 Å². The Kier molecular flexibility index (Phi) is 3.63. The second kappa shape index (κ2) is 4.55. The molecule has 3 nitrogen and oxygen atoms in total. The number of aliphatic carboxylic acids is 1. The fourth-order valence-corrected chi connectivity index (χ4v) is 2.43. The monoisotopic (exact) mass is 213 g/mol. The van der Waals surface area contributed by atoms with Crippen LogP contribution in [0.4, 0.5) is 0 Å². The number of carboxylic acid groups (broad SMARTS) is 1. The zero-order chi connectivity index (χ0) is 10.7. The summed E-state index contributed by atoms with van der Waals surface area (Å²) in [5, 5.41) is 9.62. The fourth-order valence-electron chi connectivity index (χ4n) is 1.34. The highest BCUT2D eigenvalue weighted by Crippen LogP contribution is 2.25. The maximum absolute atomic E-state index is 10.4. The highest BCUT2D eigenvalue weighted by molar-refractivity contribution is 7.11. The lowest BCUT2D eigenvalue weighted by Gasteiger charge is -2.03. The lowest BCUT2D eigenvalue weighted by Crippen LogP contribution is -1.99. The van der Waals surface area contributed by atoms with Crippen LogP contribution in [0.25, 0.3) is 0 Å². The molecule has 0 unspecified atom stereocenters. The van der Waals surface area contributed by atoms with Crippen molar-refractivity contribution in [2.75, 3.05) is 0 Å². The maximum atomic E-state index is 10.4. The lowest BCUT2D eigenvalue weighted by atomic mass is 10.1. The van der Waals surface area contributed by atoms with Gasteiger partial charge in [-0.25, -0.2) is 4.98 Å². The summed E-state index contributed by atoms with van der Waals surface area (Å²) in [5.41, 5.74) is 1.06. The Balaban J connectivity index is 2.79. The van der Waals surface area contributed by atoms with E-state index in [1.807, 2.05) is 6.92 Å². The van der Waals surface area contributed by atoms with Crippen molar-refractivity contribution in [3.05, 3.63) is 15.6 Å². The molecule has 0 radical (unpaired) electrons. The summed E-state index contributed by atoms with van der Waals surface area (Å²) >= 11 is 1.61. The molecule has 0 saturated carbocycles. The third-order valence-electron chi connectivity index (χ3n) is 1.95. The van der Waals surface area contributed by atoms with Gasteiger partial charge in [0.2, 0.25) is 0 Å². The van der Waals surface area contributed by atoms with E-state index in [1.165, 1.54) is 0 Å². The van der Waals surface area contributed by atoms with Crippen LogP contribution < -0.4 is 0 Å². The molecule has 1 N–H and O–H groups in total. The minimum atomic E-state index is -0.745. The molecule has 0 amide bonds. The smallest absolute Gasteiger partial charge is 0.303 e. The lowest BCUT2D eigenvalue weighted by molar-refractivity contribution is -0.136. The van der Waals surface area contributed by atoms with Gasteiger partial charge in [-0.3, -0.25) is 4.79 Å². The van der Waals surface area contributed by atoms with Gasteiger partial charge in [0.15, 0.2) is 0 Å². The van der Waals surface area contributed by atoms with E-state index in [4.69, 9.17) is 5.11 Å². The van der Waals surface area contributed by atoms with Crippen LogP contribution in [-0.4, -0.2) is 16.1 Å².